The molecule has 0 aliphatic carbocycles. The van der Waals surface area contributed by atoms with Crippen LogP contribution < -0.4 is 15.5 Å². The lowest BCUT2D eigenvalue weighted by molar-refractivity contribution is -0.123. The van der Waals surface area contributed by atoms with Gasteiger partial charge in [-0.1, -0.05) is 29.8 Å². The molecule has 0 aromatic heterocycles. The second-order valence-corrected chi connectivity index (χ2v) is 6.66. The zero-order valence-electron chi connectivity index (χ0n) is 16.6. The molecule has 0 unspecified atom stereocenters. The highest BCUT2D eigenvalue weighted by molar-refractivity contribution is 5.95. The lowest BCUT2D eigenvalue weighted by Crippen LogP contribution is -2.33. The highest BCUT2D eigenvalue weighted by atomic mass is 16.2. The van der Waals surface area contributed by atoms with E-state index in [9.17, 15) is 9.59 Å². The zero-order chi connectivity index (χ0) is 19.8. The smallest absolute Gasteiger partial charge is 0.243 e. The minimum absolute atomic E-state index is 0.0398. The maximum atomic E-state index is 12.2. The van der Waals surface area contributed by atoms with Crippen LogP contribution in [0.3, 0.4) is 0 Å². The quantitative estimate of drug-likeness (QED) is 0.751. The average molecular weight is 367 g/mol. The van der Waals surface area contributed by atoms with Crippen LogP contribution >= 0.6 is 0 Å². The number of rotatable bonds is 8. The van der Waals surface area contributed by atoms with Crippen LogP contribution in [-0.4, -0.2) is 31.4 Å². The summed E-state index contributed by atoms with van der Waals surface area (Å²) in [6, 6.07) is 13.8. The fourth-order valence-corrected chi connectivity index (χ4v) is 2.90. The molecule has 144 valence electrons. The molecule has 2 aromatic rings. The van der Waals surface area contributed by atoms with Crippen LogP contribution in [0.4, 0.5) is 11.4 Å². The van der Waals surface area contributed by atoms with Crippen LogP contribution in [0, 0.1) is 13.8 Å². The molecule has 0 atom stereocenters. The molecule has 0 saturated carbocycles. The summed E-state index contributed by atoms with van der Waals surface area (Å²) in [7, 11) is 0. The Kier molecular flexibility index (Phi) is 7.41. The third-order valence-corrected chi connectivity index (χ3v) is 4.54. The van der Waals surface area contributed by atoms with Gasteiger partial charge in [0.25, 0.3) is 0 Å². The molecule has 5 heteroatoms. The van der Waals surface area contributed by atoms with Gasteiger partial charge in [-0.05, 0) is 57.0 Å². The molecule has 0 radical (unpaired) electrons. The van der Waals surface area contributed by atoms with Crippen molar-refractivity contribution in [2.75, 3.05) is 29.9 Å². The van der Waals surface area contributed by atoms with Crippen molar-refractivity contribution < 1.29 is 9.59 Å². The number of hydrogen-bond acceptors (Lipinski definition) is 3. The molecule has 2 aromatic carbocycles. The van der Waals surface area contributed by atoms with Gasteiger partial charge in [0.2, 0.25) is 11.8 Å². The van der Waals surface area contributed by atoms with Crippen molar-refractivity contribution in [3.05, 3.63) is 59.2 Å². The predicted molar refractivity (Wildman–Crippen MR) is 111 cm³/mol. The van der Waals surface area contributed by atoms with E-state index in [1.165, 1.54) is 0 Å². The number of nitrogens with zero attached hydrogens (tertiary/aromatic N) is 1. The van der Waals surface area contributed by atoms with Crippen molar-refractivity contribution in [2.45, 2.75) is 34.1 Å². The first-order chi connectivity index (χ1) is 12.9. The highest BCUT2D eigenvalue weighted by Crippen LogP contribution is 2.22. The number of anilines is 2. The first-order valence-corrected chi connectivity index (χ1v) is 9.40. The van der Waals surface area contributed by atoms with E-state index < -0.39 is 0 Å². The number of aryl methyl sites for hydroxylation is 2. The second kappa shape index (κ2) is 9.76. The van der Waals surface area contributed by atoms with E-state index in [0.717, 1.165) is 41.2 Å². The molecule has 2 amide bonds. The fourth-order valence-electron chi connectivity index (χ4n) is 2.90. The summed E-state index contributed by atoms with van der Waals surface area (Å²) in [5.74, 6) is -0.395. The number of carbonyl (C=O) groups excluding carboxylic acids is 2. The monoisotopic (exact) mass is 367 g/mol. The molecule has 2 N–H and O–H groups in total. The van der Waals surface area contributed by atoms with Gasteiger partial charge in [-0.3, -0.25) is 9.59 Å². The summed E-state index contributed by atoms with van der Waals surface area (Å²) in [5.41, 5.74) is 4.99. The Morgan fingerprint density at radius 2 is 1.59 bits per heavy atom. The van der Waals surface area contributed by atoms with Gasteiger partial charge in [-0.25, -0.2) is 0 Å². The molecular weight excluding hydrogens is 338 g/mol. The number of carbonyl (C=O) groups is 2. The summed E-state index contributed by atoms with van der Waals surface area (Å²) in [4.78, 5) is 26.4. The summed E-state index contributed by atoms with van der Waals surface area (Å²) in [5, 5.41) is 5.54. The van der Waals surface area contributed by atoms with Crippen molar-refractivity contribution in [1.82, 2.24) is 5.32 Å². The number of nitrogens with one attached hydrogen (secondary N) is 2. The maximum absolute atomic E-state index is 12.2. The minimum atomic E-state index is -0.231. The molecule has 0 heterocycles. The molecule has 27 heavy (non-hydrogen) atoms. The Morgan fingerprint density at radius 3 is 2.19 bits per heavy atom. The van der Waals surface area contributed by atoms with Crippen LogP contribution in [0.15, 0.2) is 42.5 Å². The first-order valence-electron chi connectivity index (χ1n) is 9.40. The first kappa shape index (κ1) is 20.5. The molecule has 0 aliphatic rings. The zero-order valence-corrected chi connectivity index (χ0v) is 16.6. The van der Waals surface area contributed by atoms with Gasteiger partial charge in [0.15, 0.2) is 0 Å². The van der Waals surface area contributed by atoms with E-state index >= 15 is 0 Å². The van der Waals surface area contributed by atoms with E-state index in [0.29, 0.717) is 0 Å². The van der Waals surface area contributed by atoms with E-state index in [4.69, 9.17) is 0 Å². The van der Waals surface area contributed by atoms with Gasteiger partial charge in [0.1, 0.15) is 0 Å². The number of benzene rings is 2. The molecule has 0 spiro atoms. The summed E-state index contributed by atoms with van der Waals surface area (Å²) >= 11 is 0. The van der Waals surface area contributed by atoms with Gasteiger partial charge in [-0.15, -0.1) is 0 Å². The van der Waals surface area contributed by atoms with Gasteiger partial charge >= 0.3 is 0 Å². The van der Waals surface area contributed by atoms with Gasteiger partial charge in [0, 0.05) is 24.5 Å². The molecule has 5 nitrogen and oxygen atoms in total. The molecule has 2 rings (SSSR count). The summed E-state index contributed by atoms with van der Waals surface area (Å²) in [6.07, 6.45) is 0.269. The minimum Gasteiger partial charge on any atom is -0.372 e. The lowest BCUT2D eigenvalue weighted by Gasteiger charge is -2.22. The average Bonchev–Trinajstić information content (AvgIpc) is 2.65. The van der Waals surface area contributed by atoms with E-state index in [-0.39, 0.29) is 24.8 Å². The Hall–Kier alpha value is -2.82. The van der Waals surface area contributed by atoms with Crippen molar-refractivity contribution in [1.29, 1.82) is 0 Å². The van der Waals surface area contributed by atoms with E-state index in [1.807, 2.05) is 50.2 Å². The Labute approximate surface area is 161 Å². The number of hydrogen-bond donors (Lipinski definition) is 2. The second-order valence-electron chi connectivity index (χ2n) is 6.66. The van der Waals surface area contributed by atoms with Gasteiger partial charge in [-0.2, -0.15) is 0 Å². The van der Waals surface area contributed by atoms with E-state index in [1.54, 1.807) is 0 Å². The molecular formula is C22H29N3O2. The van der Waals surface area contributed by atoms with Crippen LogP contribution in [-0.2, 0) is 16.0 Å². The SMILES string of the molecule is CCN(CC)c1ccc(NC(=O)CNC(=O)Cc2ccc(C)cc2)c(C)c1. The molecule has 0 fully saturated rings. The largest absolute Gasteiger partial charge is 0.372 e. The predicted octanol–water partition coefficient (Wildman–Crippen LogP) is 3.45. The van der Waals surface area contributed by atoms with Crippen molar-refractivity contribution >= 4 is 23.2 Å². The maximum Gasteiger partial charge on any atom is 0.243 e. The highest BCUT2D eigenvalue weighted by Gasteiger charge is 2.10. The topological polar surface area (TPSA) is 61.4 Å². The van der Waals surface area contributed by atoms with Crippen molar-refractivity contribution in [3.63, 3.8) is 0 Å². The van der Waals surface area contributed by atoms with Crippen LogP contribution in [0.25, 0.3) is 0 Å². The van der Waals surface area contributed by atoms with Gasteiger partial charge in [0.05, 0.1) is 13.0 Å². The van der Waals surface area contributed by atoms with Gasteiger partial charge < -0.3 is 15.5 Å². The van der Waals surface area contributed by atoms with Crippen LogP contribution in [0.2, 0.25) is 0 Å². The summed E-state index contributed by atoms with van der Waals surface area (Å²) < 4.78 is 0. The third-order valence-electron chi connectivity index (χ3n) is 4.54. The normalized spacial score (nSPS) is 10.4. The fraction of sp³-hybridized carbons (Fsp3) is 0.364. The standard InChI is InChI=1S/C22H29N3O2/c1-5-25(6-2)19-11-12-20(17(4)13-19)24-22(27)15-23-21(26)14-18-9-7-16(3)8-10-18/h7-13H,5-6,14-15H2,1-4H3,(H,23,26)(H,24,27). The van der Waals surface area contributed by atoms with Crippen LogP contribution in [0.1, 0.15) is 30.5 Å². The Morgan fingerprint density at radius 1 is 0.926 bits per heavy atom. The van der Waals surface area contributed by atoms with E-state index in [2.05, 4.69) is 35.4 Å². The Balaban J connectivity index is 1.86. The van der Waals surface area contributed by atoms with Crippen molar-refractivity contribution in [2.24, 2.45) is 0 Å². The lowest BCUT2D eigenvalue weighted by atomic mass is 10.1. The summed E-state index contributed by atoms with van der Waals surface area (Å²) in [6.45, 7) is 10.1. The third kappa shape index (κ3) is 6.13. The molecule has 0 bridgehead atoms. The molecule has 0 saturated heterocycles. The number of amides is 2. The Bertz CT molecular complexity index is 781. The molecule has 0 aliphatic heterocycles. The van der Waals surface area contributed by atoms with Crippen molar-refractivity contribution in [3.8, 4) is 0 Å². The van der Waals surface area contributed by atoms with Crippen LogP contribution in [0.5, 0.6) is 0 Å².